The van der Waals surface area contributed by atoms with E-state index in [1.54, 1.807) is 37.3 Å². The number of fused-ring (bicyclic) bond motifs is 2. The van der Waals surface area contributed by atoms with Crippen molar-refractivity contribution in [3.63, 3.8) is 0 Å². The molecule has 1 saturated carbocycles. The molecule has 1 aliphatic carbocycles. The fraction of sp³-hybridized carbons (Fsp3) is 0.500. The molecular weight excluding hydrogens is 584 g/mol. The van der Waals surface area contributed by atoms with Crippen LogP contribution in [0.3, 0.4) is 0 Å². The lowest BCUT2D eigenvalue weighted by Gasteiger charge is -2.51. The number of benzene rings is 2. The maximum Gasteiger partial charge on any atom is 0.264 e. The molecule has 7 nitrogen and oxygen atoms in total. The molecule has 0 unspecified atom stereocenters. The van der Waals surface area contributed by atoms with Crippen molar-refractivity contribution in [3.8, 4) is 5.75 Å². The second kappa shape index (κ2) is 14.3. The first-order valence-corrected chi connectivity index (χ1v) is 17.2. The summed E-state index contributed by atoms with van der Waals surface area (Å²) in [6.45, 7) is 13.1. The van der Waals surface area contributed by atoms with Crippen LogP contribution >= 0.6 is 11.6 Å². The van der Waals surface area contributed by atoms with Crippen LogP contribution in [0.4, 0.5) is 5.69 Å². The number of carbonyl (C=O) groups is 1. The summed E-state index contributed by atoms with van der Waals surface area (Å²) in [5.74, 6) is 0.164. The Morgan fingerprint density at radius 1 is 1.23 bits per heavy atom. The highest BCUT2D eigenvalue weighted by Gasteiger charge is 2.47. The van der Waals surface area contributed by atoms with E-state index in [0.717, 1.165) is 48.9 Å². The van der Waals surface area contributed by atoms with Crippen molar-refractivity contribution in [1.29, 1.82) is 0 Å². The summed E-state index contributed by atoms with van der Waals surface area (Å²) < 4.78 is 34.9. The Bertz CT molecular complexity index is 1430. The first kappa shape index (κ1) is 33.1. The predicted octanol–water partition coefficient (Wildman–Crippen LogP) is 6.83. The Hall–Kier alpha value is -2.81. The molecule has 1 heterocycles. The SMILES string of the molecule is C=CCC[C@@H](CC)S(=O)(=O)NC(=O)c1ccc2c(c1)N(C[C@@H]1CC[C@@]1(C)[C@H](O)C=C)CCCCc1cc(Cl)ccc1CO2. The maximum absolute atomic E-state index is 13.4. The van der Waals surface area contributed by atoms with Crippen molar-refractivity contribution in [1.82, 2.24) is 4.72 Å². The first-order chi connectivity index (χ1) is 20.5. The van der Waals surface area contributed by atoms with Gasteiger partial charge >= 0.3 is 0 Å². The molecule has 1 amide bonds. The van der Waals surface area contributed by atoms with Crippen molar-refractivity contribution in [3.05, 3.63) is 83.4 Å². The maximum atomic E-state index is 13.4. The number of carbonyl (C=O) groups excluding carboxylic acids is 1. The lowest BCUT2D eigenvalue weighted by molar-refractivity contribution is -0.0464. The van der Waals surface area contributed by atoms with Gasteiger partial charge in [0, 0.05) is 29.1 Å². The molecule has 0 aromatic heterocycles. The Morgan fingerprint density at radius 2 is 2.02 bits per heavy atom. The van der Waals surface area contributed by atoms with Crippen LogP contribution in [0.15, 0.2) is 61.7 Å². The highest BCUT2D eigenvalue weighted by Crippen LogP contribution is 2.50. The van der Waals surface area contributed by atoms with Crippen LogP contribution in [0.2, 0.25) is 5.02 Å². The Labute approximate surface area is 262 Å². The Morgan fingerprint density at radius 3 is 2.70 bits per heavy atom. The van der Waals surface area contributed by atoms with Gasteiger partial charge in [-0.05, 0) is 98.7 Å². The number of anilines is 1. The number of aryl methyl sites for hydroxylation is 1. The van der Waals surface area contributed by atoms with E-state index in [-0.39, 0.29) is 16.9 Å². The van der Waals surface area contributed by atoms with Gasteiger partial charge in [-0.25, -0.2) is 13.1 Å². The zero-order chi connectivity index (χ0) is 31.2. The van der Waals surface area contributed by atoms with Crippen LogP contribution in [0.25, 0.3) is 0 Å². The molecule has 234 valence electrons. The minimum atomic E-state index is -3.87. The molecule has 2 aromatic carbocycles. The number of rotatable bonds is 11. The highest BCUT2D eigenvalue weighted by atomic mass is 35.5. The van der Waals surface area contributed by atoms with Crippen LogP contribution in [0.5, 0.6) is 5.75 Å². The number of aliphatic hydroxyl groups is 1. The lowest BCUT2D eigenvalue weighted by atomic mass is 9.58. The van der Waals surface area contributed by atoms with Crippen molar-refractivity contribution >= 4 is 33.2 Å². The average molecular weight is 629 g/mol. The highest BCUT2D eigenvalue weighted by molar-refractivity contribution is 7.90. The van der Waals surface area contributed by atoms with Crippen LogP contribution in [0, 0.1) is 11.3 Å². The molecule has 43 heavy (non-hydrogen) atoms. The van der Waals surface area contributed by atoms with E-state index in [1.807, 2.05) is 18.2 Å². The van der Waals surface area contributed by atoms with Crippen LogP contribution < -0.4 is 14.4 Å². The average Bonchev–Trinajstić information content (AvgIpc) is 3.01. The topological polar surface area (TPSA) is 95.9 Å². The van der Waals surface area contributed by atoms with Crippen molar-refractivity contribution in [2.24, 2.45) is 11.3 Å². The Kier molecular flexibility index (Phi) is 11.0. The standard InChI is InChI=1S/C34H45ClN2O5S/c1-5-8-12-29(6-2)43(40,41)36-33(39)25-14-16-31-30(21-25)37(22-27-17-18-34(27,4)32(38)7-3)19-10-9-11-24-20-28(35)15-13-26(24)23-42-31/h5,7,13-16,20-21,27,29,32,38H,1,3,6,8-12,17-19,22-23H2,2,4H3,(H,36,39)/t27-,29+,32+,34+/m0/s1. The minimum Gasteiger partial charge on any atom is -0.487 e. The van der Waals surface area contributed by atoms with Crippen molar-refractivity contribution in [2.75, 3.05) is 18.0 Å². The molecule has 2 N–H and O–H groups in total. The molecule has 1 aliphatic heterocycles. The summed E-state index contributed by atoms with van der Waals surface area (Å²) in [5, 5.41) is 10.7. The molecule has 0 saturated heterocycles. The third-order valence-electron chi connectivity index (χ3n) is 9.36. The molecule has 4 atom stereocenters. The minimum absolute atomic E-state index is 0.211. The molecule has 0 bridgehead atoms. The van der Waals surface area contributed by atoms with E-state index in [1.165, 1.54) is 0 Å². The molecular formula is C34H45ClN2O5S. The predicted molar refractivity (Wildman–Crippen MR) is 174 cm³/mol. The number of nitrogens with zero attached hydrogens (tertiary/aromatic N) is 1. The lowest BCUT2D eigenvalue weighted by Crippen LogP contribution is -2.51. The van der Waals surface area contributed by atoms with Gasteiger partial charge in [0.15, 0.2) is 0 Å². The van der Waals surface area contributed by atoms with Gasteiger partial charge in [-0.15, -0.1) is 13.2 Å². The number of halogens is 1. The normalized spacial score (nSPS) is 22.0. The van der Waals surface area contributed by atoms with Gasteiger partial charge in [-0.1, -0.05) is 43.7 Å². The third kappa shape index (κ3) is 7.65. The fourth-order valence-electron chi connectivity index (χ4n) is 6.26. The number of sulfonamides is 1. The zero-order valence-corrected chi connectivity index (χ0v) is 26.9. The van der Waals surface area contributed by atoms with Crippen molar-refractivity contribution in [2.45, 2.75) is 83.2 Å². The van der Waals surface area contributed by atoms with Crippen LogP contribution in [-0.2, 0) is 23.1 Å². The molecule has 2 aromatic rings. The summed E-state index contributed by atoms with van der Waals surface area (Å²) in [7, 11) is -3.87. The summed E-state index contributed by atoms with van der Waals surface area (Å²) in [6.07, 6.45) is 8.62. The second-order valence-electron chi connectivity index (χ2n) is 12.1. The number of amides is 1. The summed E-state index contributed by atoms with van der Waals surface area (Å²) in [4.78, 5) is 15.6. The monoisotopic (exact) mass is 628 g/mol. The molecule has 4 rings (SSSR count). The quantitative estimate of drug-likeness (QED) is 0.265. The largest absolute Gasteiger partial charge is 0.487 e. The van der Waals surface area contributed by atoms with E-state index in [9.17, 15) is 18.3 Å². The van der Waals surface area contributed by atoms with Gasteiger partial charge in [0.05, 0.1) is 17.0 Å². The van der Waals surface area contributed by atoms with Crippen LogP contribution in [0.1, 0.15) is 80.3 Å². The van der Waals surface area contributed by atoms with Gasteiger partial charge < -0.3 is 14.7 Å². The number of allylic oxidation sites excluding steroid dienone is 1. The number of ether oxygens (including phenoxy) is 1. The van der Waals surface area contributed by atoms with Gasteiger partial charge in [0.1, 0.15) is 12.4 Å². The van der Waals surface area contributed by atoms with Gasteiger partial charge in [0.25, 0.3) is 5.91 Å². The van der Waals surface area contributed by atoms with Gasteiger partial charge in [0.2, 0.25) is 10.0 Å². The van der Waals surface area contributed by atoms with Gasteiger partial charge in [-0.3, -0.25) is 4.79 Å². The van der Waals surface area contributed by atoms with E-state index < -0.39 is 27.3 Å². The molecule has 0 spiro atoms. The van der Waals surface area contributed by atoms with Crippen LogP contribution in [-0.4, -0.2) is 43.9 Å². The molecule has 9 heteroatoms. The number of nitrogens with one attached hydrogen (secondary N) is 1. The third-order valence-corrected chi connectivity index (χ3v) is 11.5. The smallest absolute Gasteiger partial charge is 0.264 e. The van der Waals surface area contributed by atoms with E-state index in [2.05, 4.69) is 29.7 Å². The number of aliphatic hydroxyl groups excluding tert-OH is 1. The molecule has 1 fully saturated rings. The number of hydrogen-bond acceptors (Lipinski definition) is 6. The fourth-order valence-corrected chi connectivity index (χ4v) is 7.88. The summed E-state index contributed by atoms with van der Waals surface area (Å²) >= 11 is 6.31. The Balaban J connectivity index is 1.68. The summed E-state index contributed by atoms with van der Waals surface area (Å²) in [5.41, 5.74) is 2.92. The van der Waals surface area contributed by atoms with E-state index >= 15 is 0 Å². The number of hydrogen-bond donors (Lipinski definition) is 2. The van der Waals surface area contributed by atoms with Gasteiger partial charge in [-0.2, -0.15) is 0 Å². The molecule has 2 aliphatic rings. The van der Waals surface area contributed by atoms with E-state index in [4.69, 9.17) is 16.3 Å². The molecule has 0 radical (unpaired) electrons. The summed E-state index contributed by atoms with van der Waals surface area (Å²) in [6, 6.07) is 11.0. The van der Waals surface area contributed by atoms with E-state index in [0.29, 0.717) is 49.7 Å². The van der Waals surface area contributed by atoms with Crippen molar-refractivity contribution < 1.29 is 23.1 Å². The second-order valence-corrected chi connectivity index (χ2v) is 14.5. The zero-order valence-electron chi connectivity index (χ0n) is 25.4. The first-order valence-electron chi connectivity index (χ1n) is 15.3.